The van der Waals surface area contributed by atoms with Gasteiger partial charge in [-0.2, -0.15) is 0 Å². The molecule has 1 rings (SSSR count). The standard InChI is InChI=1S/C12H24O3/c1-5-10-6-8-11(9-7-10)12(13-2,14-3)15-4/h10-11H,5-9H2,1-4H3. The van der Waals surface area contributed by atoms with Gasteiger partial charge in [0, 0.05) is 27.2 Å². The molecule has 0 spiro atoms. The summed E-state index contributed by atoms with van der Waals surface area (Å²) in [6, 6.07) is 0. The first-order valence-electron chi connectivity index (χ1n) is 5.87. The molecule has 15 heavy (non-hydrogen) atoms. The van der Waals surface area contributed by atoms with Gasteiger partial charge >= 0.3 is 0 Å². The van der Waals surface area contributed by atoms with E-state index in [-0.39, 0.29) is 0 Å². The first-order chi connectivity index (χ1) is 7.22. The monoisotopic (exact) mass is 216 g/mol. The lowest BCUT2D eigenvalue weighted by molar-refractivity contribution is -0.382. The molecule has 0 unspecified atom stereocenters. The zero-order chi connectivity index (χ0) is 11.3. The molecule has 1 aliphatic carbocycles. The van der Waals surface area contributed by atoms with Crippen LogP contribution in [-0.4, -0.2) is 27.3 Å². The minimum atomic E-state index is -0.821. The highest BCUT2D eigenvalue weighted by Gasteiger charge is 2.41. The van der Waals surface area contributed by atoms with E-state index in [1.54, 1.807) is 21.3 Å². The number of hydrogen-bond donors (Lipinski definition) is 0. The van der Waals surface area contributed by atoms with Gasteiger partial charge in [0.15, 0.2) is 0 Å². The lowest BCUT2D eigenvalue weighted by Crippen LogP contribution is -2.45. The van der Waals surface area contributed by atoms with E-state index in [1.165, 1.54) is 19.3 Å². The van der Waals surface area contributed by atoms with Crippen LogP contribution >= 0.6 is 0 Å². The first kappa shape index (κ1) is 12.9. The molecule has 0 aromatic carbocycles. The van der Waals surface area contributed by atoms with Crippen molar-refractivity contribution in [3.05, 3.63) is 0 Å². The summed E-state index contributed by atoms with van der Waals surface area (Å²) >= 11 is 0. The molecule has 0 atom stereocenters. The van der Waals surface area contributed by atoms with Crippen molar-refractivity contribution in [3.63, 3.8) is 0 Å². The van der Waals surface area contributed by atoms with Crippen LogP contribution < -0.4 is 0 Å². The zero-order valence-corrected chi connectivity index (χ0v) is 10.4. The molecule has 0 N–H and O–H groups in total. The lowest BCUT2D eigenvalue weighted by atomic mass is 9.79. The molecule has 0 radical (unpaired) electrons. The Kier molecular flexibility index (Phi) is 5.03. The highest BCUT2D eigenvalue weighted by atomic mass is 16.9. The molecule has 3 heteroatoms. The molecule has 1 saturated carbocycles. The van der Waals surface area contributed by atoms with E-state index in [0.717, 1.165) is 18.8 Å². The summed E-state index contributed by atoms with van der Waals surface area (Å²) in [5.41, 5.74) is 0. The summed E-state index contributed by atoms with van der Waals surface area (Å²) in [4.78, 5) is 0. The van der Waals surface area contributed by atoms with Gasteiger partial charge in [-0.3, -0.25) is 0 Å². The maximum absolute atomic E-state index is 5.40. The maximum Gasteiger partial charge on any atom is 0.285 e. The van der Waals surface area contributed by atoms with E-state index in [2.05, 4.69) is 6.92 Å². The van der Waals surface area contributed by atoms with Crippen LogP contribution in [0.5, 0.6) is 0 Å². The molecule has 0 aromatic heterocycles. The van der Waals surface area contributed by atoms with Crippen LogP contribution in [0.15, 0.2) is 0 Å². The third kappa shape index (κ3) is 2.71. The fraction of sp³-hybridized carbons (Fsp3) is 1.00. The van der Waals surface area contributed by atoms with Gasteiger partial charge in [0.25, 0.3) is 5.97 Å². The van der Waals surface area contributed by atoms with Crippen LogP contribution in [0.3, 0.4) is 0 Å². The molecule has 0 aromatic rings. The Labute approximate surface area is 93.1 Å². The highest BCUT2D eigenvalue weighted by molar-refractivity contribution is 4.78. The van der Waals surface area contributed by atoms with Gasteiger partial charge < -0.3 is 14.2 Å². The van der Waals surface area contributed by atoms with Gasteiger partial charge in [0.1, 0.15) is 0 Å². The van der Waals surface area contributed by atoms with E-state index in [1.807, 2.05) is 0 Å². The van der Waals surface area contributed by atoms with Crippen molar-refractivity contribution in [1.82, 2.24) is 0 Å². The topological polar surface area (TPSA) is 27.7 Å². The van der Waals surface area contributed by atoms with Crippen molar-refractivity contribution in [1.29, 1.82) is 0 Å². The summed E-state index contributed by atoms with van der Waals surface area (Å²) in [6.45, 7) is 2.27. The average molecular weight is 216 g/mol. The second-order valence-corrected chi connectivity index (χ2v) is 4.34. The highest BCUT2D eigenvalue weighted by Crippen LogP contribution is 2.38. The van der Waals surface area contributed by atoms with Crippen LogP contribution in [0.1, 0.15) is 39.0 Å². The van der Waals surface area contributed by atoms with Crippen LogP contribution in [0.4, 0.5) is 0 Å². The number of ether oxygens (including phenoxy) is 3. The molecule has 3 nitrogen and oxygen atoms in total. The lowest BCUT2D eigenvalue weighted by Gasteiger charge is -2.39. The van der Waals surface area contributed by atoms with Crippen molar-refractivity contribution in [3.8, 4) is 0 Å². The Morgan fingerprint density at radius 2 is 1.40 bits per heavy atom. The van der Waals surface area contributed by atoms with Crippen molar-refractivity contribution >= 4 is 0 Å². The van der Waals surface area contributed by atoms with Crippen molar-refractivity contribution in [2.24, 2.45) is 11.8 Å². The van der Waals surface area contributed by atoms with Crippen LogP contribution in [0.2, 0.25) is 0 Å². The van der Waals surface area contributed by atoms with E-state index < -0.39 is 5.97 Å². The first-order valence-corrected chi connectivity index (χ1v) is 5.87. The number of methoxy groups -OCH3 is 3. The van der Waals surface area contributed by atoms with E-state index >= 15 is 0 Å². The second kappa shape index (κ2) is 5.83. The van der Waals surface area contributed by atoms with Gasteiger partial charge in [-0.15, -0.1) is 0 Å². The predicted octanol–water partition coefficient (Wildman–Crippen LogP) is 2.80. The summed E-state index contributed by atoms with van der Waals surface area (Å²) in [5, 5.41) is 0. The molecule has 0 amide bonds. The van der Waals surface area contributed by atoms with Gasteiger partial charge in [0.2, 0.25) is 0 Å². The minimum absolute atomic E-state index is 0.361. The molecule has 0 heterocycles. The predicted molar refractivity (Wildman–Crippen MR) is 59.5 cm³/mol. The number of rotatable bonds is 5. The fourth-order valence-electron chi connectivity index (χ4n) is 2.67. The Balaban J connectivity index is 2.56. The molecule has 0 bridgehead atoms. The quantitative estimate of drug-likeness (QED) is 0.661. The van der Waals surface area contributed by atoms with Crippen molar-refractivity contribution in [2.75, 3.05) is 21.3 Å². The van der Waals surface area contributed by atoms with Gasteiger partial charge in [-0.25, -0.2) is 0 Å². The summed E-state index contributed by atoms with van der Waals surface area (Å²) < 4.78 is 16.2. The van der Waals surface area contributed by atoms with E-state index in [9.17, 15) is 0 Å². The third-order valence-corrected chi connectivity index (χ3v) is 3.78. The molecule has 1 aliphatic rings. The Morgan fingerprint density at radius 3 is 1.73 bits per heavy atom. The summed E-state index contributed by atoms with van der Waals surface area (Å²) in [7, 11) is 4.96. The Hall–Kier alpha value is -0.120. The van der Waals surface area contributed by atoms with Crippen molar-refractivity contribution in [2.45, 2.75) is 45.0 Å². The fourth-order valence-corrected chi connectivity index (χ4v) is 2.67. The third-order valence-electron chi connectivity index (χ3n) is 3.78. The molecule has 0 saturated heterocycles. The molecular weight excluding hydrogens is 192 g/mol. The minimum Gasteiger partial charge on any atom is -0.331 e. The van der Waals surface area contributed by atoms with Gasteiger partial charge in [-0.1, -0.05) is 13.3 Å². The van der Waals surface area contributed by atoms with Gasteiger partial charge in [0.05, 0.1) is 0 Å². The summed E-state index contributed by atoms with van der Waals surface area (Å²) in [5.74, 6) is 0.420. The summed E-state index contributed by atoms with van der Waals surface area (Å²) in [6.07, 6.45) is 6.08. The van der Waals surface area contributed by atoms with Crippen LogP contribution in [0.25, 0.3) is 0 Å². The SMILES string of the molecule is CCC1CCC(C(OC)(OC)OC)CC1. The van der Waals surface area contributed by atoms with E-state index in [4.69, 9.17) is 14.2 Å². The molecular formula is C12H24O3. The maximum atomic E-state index is 5.40. The Morgan fingerprint density at radius 1 is 0.933 bits per heavy atom. The zero-order valence-electron chi connectivity index (χ0n) is 10.4. The van der Waals surface area contributed by atoms with Gasteiger partial charge in [-0.05, 0) is 31.6 Å². The average Bonchev–Trinajstić information content (AvgIpc) is 2.33. The second-order valence-electron chi connectivity index (χ2n) is 4.34. The normalized spacial score (nSPS) is 28.0. The molecule has 0 aliphatic heterocycles. The van der Waals surface area contributed by atoms with E-state index in [0.29, 0.717) is 5.92 Å². The smallest absolute Gasteiger partial charge is 0.285 e. The Bertz CT molecular complexity index is 161. The van der Waals surface area contributed by atoms with Crippen LogP contribution in [-0.2, 0) is 14.2 Å². The molecule has 1 fully saturated rings. The number of hydrogen-bond acceptors (Lipinski definition) is 3. The largest absolute Gasteiger partial charge is 0.331 e. The van der Waals surface area contributed by atoms with Crippen LogP contribution in [0, 0.1) is 11.8 Å². The molecule has 90 valence electrons. The van der Waals surface area contributed by atoms with Crippen molar-refractivity contribution < 1.29 is 14.2 Å².